The van der Waals surface area contributed by atoms with Crippen molar-refractivity contribution in [3.63, 3.8) is 0 Å². The summed E-state index contributed by atoms with van der Waals surface area (Å²) in [5.41, 5.74) is 0.322. The van der Waals surface area contributed by atoms with Gasteiger partial charge in [0.1, 0.15) is 0 Å². The van der Waals surface area contributed by atoms with Gasteiger partial charge in [-0.1, -0.05) is 0 Å². The average Bonchev–Trinajstić information content (AvgIpc) is 2.92. The maximum absolute atomic E-state index is 12.8. The van der Waals surface area contributed by atoms with Crippen LogP contribution in [0.3, 0.4) is 0 Å². The lowest BCUT2D eigenvalue weighted by atomic mass is 9.48. The second-order valence-electron chi connectivity index (χ2n) is 9.24. The van der Waals surface area contributed by atoms with Crippen LogP contribution in [0.25, 0.3) is 0 Å². The third kappa shape index (κ3) is 3.20. The first-order valence-electron chi connectivity index (χ1n) is 10.1. The van der Waals surface area contributed by atoms with Gasteiger partial charge in [0.05, 0.1) is 12.5 Å². The lowest BCUT2D eigenvalue weighted by Crippen LogP contribution is -2.56. The fourth-order valence-corrected chi connectivity index (χ4v) is 6.56. The van der Waals surface area contributed by atoms with Gasteiger partial charge in [-0.2, -0.15) is 0 Å². The van der Waals surface area contributed by atoms with Crippen LogP contribution in [0.15, 0.2) is 0 Å². The molecular weight excluding hydrogens is 316 g/mol. The molecule has 5 rings (SSSR count). The number of ether oxygens (including phenoxy) is 1. The molecule has 1 N–H and O–H groups in total. The number of rotatable bonds is 6. The van der Waals surface area contributed by atoms with Gasteiger partial charge in [-0.05, 0) is 68.6 Å². The molecule has 4 bridgehead atoms. The molecule has 5 nitrogen and oxygen atoms in total. The highest BCUT2D eigenvalue weighted by Gasteiger charge is 2.53. The van der Waals surface area contributed by atoms with Gasteiger partial charge in [-0.25, -0.2) is 0 Å². The minimum atomic E-state index is -0.194. The van der Waals surface area contributed by atoms with Crippen molar-refractivity contribution in [3.05, 3.63) is 0 Å². The van der Waals surface area contributed by atoms with Gasteiger partial charge in [0.25, 0.3) is 0 Å². The number of hydrogen-bond acceptors (Lipinski definition) is 3. The van der Waals surface area contributed by atoms with E-state index in [0.717, 1.165) is 17.8 Å². The minimum Gasteiger partial charge on any atom is -0.383 e. The highest BCUT2D eigenvalue weighted by atomic mass is 16.5. The Morgan fingerprint density at radius 2 is 1.84 bits per heavy atom. The Morgan fingerprint density at radius 3 is 2.40 bits per heavy atom. The minimum absolute atomic E-state index is 0.0801. The summed E-state index contributed by atoms with van der Waals surface area (Å²) in [6.07, 6.45) is 8.50. The molecule has 1 heterocycles. The zero-order valence-corrected chi connectivity index (χ0v) is 15.6. The summed E-state index contributed by atoms with van der Waals surface area (Å²) in [6, 6.07) is 0.233. The van der Waals surface area contributed by atoms with E-state index in [9.17, 15) is 9.59 Å². The van der Waals surface area contributed by atoms with E-state index in [1.54, 1.807) is 12.0 Å². The molecule has 2 unspecified atom stereocenters. The van der Waals surface area contributed by atoms with Gasteiger partial charge in [0.15, 0.2) is 0 Å². The number of likely N-dealkylation sites (tertiary alicyclic amines) is 1. The molecule has 2 amide bonds. The second kappa shape index (κ2) is 6.57. The van der Waals surface area contributed by atoms with E-state index in [1.807, 2.05) is 0 Å². The van der Waals surface area contributed by atoms with Crippen LogP contribution in [0, 0.1) is 29.1 Å². The highest BCUT2D eigenvalue weighted by molar-refractivity contribution is 5.89. The predicted molar refractivity (Wildman–Crippen MR) is 94.8 cm³/mol. The molecule has 0 spiro atoms. The number of methoxy groups -OCH3 is 1. The third-order valence-electron chi connectivity index (χ3n) is 7.51. The Morgan fingerprint density at radius 1 is 1.24 bits per heavy atom. The molecule has 0 aromatic carbocycles. The predicted octanol–water partition coefficient (Wildman–Crippen LogP) is 2.20. The molecule has 140 valence electrons. The molecule has 2 atom stereocenters. The molecular formula is C20H32N2O3. The lowest BCUT2D eigenvalue weighted by Gasteiger charge is -2.59. The van der Waals surface area contributed by atoms with Crippen LogP contribution < -0.4 is 5.32 Å². The molecule has 5 aliphatic rings. The number of carbonyl (C=O) groups excluding carboxylic acids is 2. The number of carbonyl (C=O) groups is 2. The van der Waals surface area contributed by atoms with E-state index in [4.69, 9.17) is 4.74 Å². The van der Waals surface area contributed by atoms with Crippen LogP contribution in [0.4, 0.5) is 0 Å². The van der Waals surface area contributed by atoms with Crippen LogP contribution in [-0.2, 0) is 14.3 Å². The van der Waals surface area contributed by atoms with E-state index >= 15 is 0 Å². The second-order valence-corrected chi connectivity index (χ2v) is 9.24. The molecule has 0 aromatic heterocycles. The van der Waals surface area contributed by atoms with Crippen molar-refractivity contribution in [2.75, 3.05) is 26.8 Å². The molecule has 1 saturated heterocycles. The topological polar surface area (TPSA) is 58.6 Å². The van der Waals surface area contributed by atoms with E-state index in [2.05, 4.69) is 12.2 Å². The van der Waals surface area contributed by atoms with Gasteiger partial charge in [0, 0.05) is 32.7 Å². The first-order valence-corrected chi connectivity index (χ1v) is 10.1. The lowest BCUT2D eigenvalue weighted by molar-refractivity contribution is -0.131. The molecule has 4 saturated carbocycles. The first kappa shape index (κ1) is 17.3. The maximum Gasteiger partial charge on any atom is 0.225 e. The number of amides is 2. The maximum atomic E-state index is 12.8. The molecule has 5 fully saturated rings. The average molecular weight is 348 g/mol. The van der Waals surface area contributed by atoms with Crippen LogP contribution >= 0.6 is 0 Å². The molecule has 25 heavy (non-hydrogen) atoms. The van der Waals surface area contributed by atoms with Crippen molar-refractivity contribution in [3.8, 4) is 0 Å². The van der Waals surface area contributed by atoms with Crippen LogP contribution in [0.2, 0.25) is 0 Å². The number of nitrogens with one attached hydrogen (secondary N) is 1. The Kier molecular flexibility index (Phi) is 4.55. The van der Waals surface area contributed by atoms with Gasteiger partial charge in [-0.15, -0.1) is 0 Å². The summed E-state index contributed by atoms with van der Waals surface area (Å²) >= 11 is 0. The van der Waals surface area contributed by atoms with Crippen molar-refractivity contribution in [1.82, 2.24) is 10.2 Å². The summed E-state index contributed by atoms with van der Waals surface area (Å²) in [4.78, 5) is 26.7. The SMILES string of the molecule is COCCN1CC(C(=O)NC(C)C23CC4CC(CC(C4)C2)C3)CC1=O. The molecule has 1 aliphatic heterocycles. The molecule has 0 aromatic rings. The molecule has 0 radical (unpaired) electrons. The fraction of sp³-hybridized carbons (Fsp3) is 0.900. The molecule has 5 heteroatoms. The summed E-state index contributed by atoms with van der Waals surface area (Å²) in [6.45, 7) is 3.87. The molecule has 4 aliphatic carbocycles. The Balaban J connectivity index is 1.36. The van der Waals surface area contributed by atoms with Crippen LogP contribution in [0.5, 0.6) is 0 Å². The Labute approximate surface area is 150 Å². The van der Waals surface area contributed by atoms with E-state index in [1.165, 1.54) is 38.5 Å². The van der Waals surface area contributed by atoms with E-state index < -0.39 is 0 Å². The van der Waals surface area contributed by atoms with Gasteiger partial charge >= 0.3 is 0 Å². The zero-order valence-electron chi connectivity index (χ0n) is 15.6. The summed E-state index contributed by atoms with van der Waals surface area (Å²) in [7, 11) is 1.64. The standard InChI is InChI=1S/C20H32N2O3/c1-13(20-9-14-5-15(10-20)7-16(6-14)11-20)21-19(24)17-8-18(23)22(12-17)3-4-25-2/h13-17H,3-12H2,1-2H3,(H,21,24). The monoisotopic (exact) mass is 348 g/mol. The van der Waals surface area contributed by atoms with Crippen LogP contribution in [-0.4, -0.2) is 49.6 Å². The van der Waals surface area contributed by atoms with Crippen molar-refractivity contribution in [1.29, 1.82) is 0 Å². The highest BCUT2D eigenvalue weighted by Crippen LogP contribution is 2.61. The van der Waals surface area contributed by atoms with Gasteiger partial charge in [0.2, 0.25) is 11.8 Å². The summed E-state index contributed by atoms with van der Waals surface area (Å²) in [5, 5.41) is 3.33. The van der Waals surface area contributed by atoms with E-state index in [-0.39, 0.29) is 23.8 Å². The summed E-state index contributed by atoms with van der Waals surface area (Å²) < 4.78 is 5.06. The quantitative estimate of drug-likeness (QED) is 0.801. The third-order valence-corrected chi connectivity index (χ3v) is 7.51. The fourth-order valence-electron chi connectivity index (χ4n) is 6.56. The first-order chi connectivity index (χ1) is 12.0. The Bertz CT molecular complexity index is 512. The van der Waals surface area contributed by atoms with Gasteiger partial charge < -0.3 is 15.0 Å². The smallest absolute Gasteiger partial charge is 0.225 e. The number of hydrogen-bond donors (Lipinski definition) is 1. The van der Waals surface area contributed by atoms with Crippen molar-refractivity contribution >= 4 is 11.8 Å². The van der Waals surface area contributed by atoms with Crippen molar-refractivity contribution < 1.29 is 14.3 Å². The normalized spacial score (nSPS) is 40.6. The van der Waals surface area contributed by atoms with Gasteiger partial charge in [-0.3, -0.25) is 9.59 Å². The van der Waals surface area contributed by atoms with Crippen molar-refractivity contribution in [2.45, 2.75) is 57.9 Å². The van der Waals surface area contributed by atoms with Crippen LogP contribution in [0.1, 0.15) is 51.9 Å². The zero-order chi connectivity index (χ0) is 17.6. The van der Waals surface area contributed by atoms with Crippen molar-refractivity contribution in [2.24, 2.45) is 29.1 Å². The largest absolute Gasteiger partial charge is 0.383 e. The van der Waals surface area contributed by atoms with E-state index in [0.29, 0.717) is 31.5 Å². The number of nitrogens with zero attached hydrogens (tertiary/aromatic N) is 1. The summed E-state index contributed by atoms with van der Waals surface area (Å²) in [5.74, 6) is 2.64. The Hall–Kier alpha value is -1.10.